The minimum absolute atomic E-state index is 0.177. The number of rotatable bonds is 7. The molecule has 0 bridgehead atoms. The highest BCUT2D eigenvalue weighted by atomic mass is 16.5. The minimum Gasteiger partial charge on any atom is -0.494 e. The molecular weight excluding hydrogens is 266 g/mol. The Balaban J connectivity index is 1.88. The zero-order chi connectivity index (χ0) is 15.1. The lowest BCUT2D eigenvalue weighted by atomic mass is 9.98. The summed E-state index contributed by atoms with van der Waals surface area (Å²) in [5, 5.41) is 0. The second-order valence-electron chi connectivity index (χ2n) is 5.58. The van der Waals surface area contributed by atoms with Crippen LogP contribution in [0.5, 0.6) is 5.75 Å². The largest absolute Gasteiger partial charge is 0.494 e. The summed E-state index contributed by atoms with van der Waals surface area (Å²) < 4.78 is 10.6. The summed E-state index contributed by atoms with van der Waals surface area (Å²) in [6, 6.07) is 7.43. The average molecular weight is 291 g/mol. The van der Waals surface area contributed by atoms with Crippen molar-refractivity contribution in [3.8, 4) is 5.75 Å². The lowest BCUT2D eigenvalue weighted by Gasteiger charge is -2.31. The molecule has 1 aliphatic heterocycles. The fourth-order valence-electron chi connectivity index (χ4n) is 2.86. The molecule has 0 saturated carbocycles. The third kappa shape index (κ3) is 4.83. The van der Waals surface area contributed by atoms with Crippen LogP contribution in [-0.2, 0) is 4.74 Å². The number of ketones is 1. The second-order valence-corrected chi connectivity index (χ2v) is 5.58. The average Bonchev–Trinajstić information content (AvgIpc) is 2.49. The van der Waals surface area contributed by atoms with E-state index in [-0.39, 0.29) is 5.78 Å². The number of hydrogen-bond acceptors (Lipinski definition) is 4. The van der Waals surface area contributed by atoms with E-state index in [0.717, 1.165) is 37.4 Å². The van der Waals surface area contributed by atoms with Gasteiger partial charge in [-0.3, -0.25) is 9.69 Å². The first-order valence-electron chi connectivity index (χ1n) is 7.70. The molecule has 1 heterocycles. The zero-order valence-corrected chi connectivity index (χ0v) is 13.0. The van der Waals surface area contributed by atoms with Gasteiger partial charge in [0.1, 0.15) is 5.75 Å². The van der Waals surface area contributed by atoms with Crippen molar-refractivity contribution < 1.29 is 14.3 Å². The Kier molecular flexibility index (Phi) is 6.21. The van der Waals surface area contributed by atoms with Gasteiger partial charge in [-0.15, -0.1) is 0 Å². The molecule has 4 heteroatoms. The first-order chi connectivity index (χ1) is 10.2. The van der Waals surface area contributed by atoms with E-state index in [0.29, 0.717) is 19.1 Å². The normalized spacial score (nSPS) is 19.4. The predicted molar refractivity (Wildman–Crippen MR) is 83.0 cm³/mol. The Morgan fingerprint density at radius 3 is 2.76 bits per heavy atom. The van der Waals surface area contributed by atoms with Crippen molar-refractivity contribution in [2.24, 2.45) is 5.92 Å². The molecule has 21 heavy (non-hydrogen) atoms. The lowest BCUT2D eigenvalue weighted by Crippen LogP contribution is -2.40. The number of benzene rings is 1. The second kappa shape index (κ2) is 8.15. The van der Waals surface area contributed by atoms with Crippen LogP contribution >= 0.6 is 0 Å². The molecule has 0 spiro atoms. The van der Waals surface area contributed by atoms with Gasteiger partial charge in [0.05, 0.1) is 19.8 Å². The number of methoxy groups -OCH3 is 1. The van der Waals surface area contributed by atoms with Gasteiger partial charge in [-0.25, -0.2) is 0 Å². The van der Waals surface area contributed by atoms with Crippen molar-refractivity contribution in [2.75, 3.05) is 40.0 Å². The quantitative estimate of drug-likeness (QED) is 0.724. The number of hydrogen-bond donors (Lipinski definition) is 0. The highest BCUT2D eigenvalue weighted by molar-refractivity contribution is 5.97. The summed E-state index contributed by atoms with van der Waals surface area (Å²) in [6.07, 6.45) is 2.34. The molecular formula is C17H25NO3. The molecule has 1 aromatic carbocycles. The van der Waals surface area contributed by atoms with Crippen LogP contribution in [0.3, 0.4) is 0 Å². The summed E-state index contributed by atoms with van der Waals surface area (Å²) in [6.45, 7) is 5.83. The molecule has 1 fully saturated rings. The SMILES string of the molecule is CCOc1ccc(C(=O)CN2CCCC(COC)C2)cc1. The molecule has 0 N–H and O–H groups in total. The summed E-state index contributed by atoms with van der Waals surface area (Å²) in [5.41, 5.74) is 0.757. The molecule has 116 valence electrons. The Hall–Kier alpha value is -1.39. The van der Waals surface area contributed by atoms with Gasteiger partial charge in [0.25, 0.3) is 0 Å². The van der Waals surface area contributed by atoms with Crippen LogP contribution in [0.15, 0.2) is 24.3 Å². The first-order valence-corrected chi connectivity index (χ1v) is 7.70. The summed E-state index contributed by atoms with van der Waals surface area (Å²) >= 11 is 0. The molecule has 0 aliphatic carbocycles. The third-order valence-electron chi connectivity index (χ3n) is 3.86. The van der Waals surface area contributed by atoms with Gasteiger partial charge in [-0.05, 0) is 56.5 Å². The van der Waals surface area contributed by atoms with Crippen LogP contribution in [0, 0.1) is 5.92 Å². The first kappa shape index (κ1) is 16.0. The molecule has 0 aromatic heterocycles. The maximum atomic E-state index is 12.3. The highest BCUT2D eigenvalue weighted by Crippen LogP contribution is 2.18. The molecule has 1 saturated heterocycles. The lowest BCUT2D eigenvalue weighted by molar-refractivity contribution is 0.0758. The maximum absolute atomic E-state index is 12.3. The van der Waals surface area contributed by atoms with E-state index in [1.165, 1.54) is 6.42 Å². The number of Topliss-reactive ketones (excluding diaryl/α,β-unsaturated/α-hetero) is 1. The minimum atomic E-state index is 0.177. The van der Waals surface area contributed by atoms with E-state index in [4.69, 9.17) is 9.47 Å². The van der Waals surface area contributed by atoms with Crippen molar-refractivity contribution in [3.05, 3.63) is 29.8 Å². The Morgan fingerprint density at radius 2 is 2.10 bits per heavy atom. The van der Waals surface area contributed by atoms with Crippen molar-refractivity contribution in [2.45, 2.75) is 19.8 Å². The van der Waals surface area contributed by atoms with E-state index in [1.54, 1.807) is 7.11 Å². The number of piperidine rings is 1. The molecule has 2 rings (SSSR count). The summed E-state index contributed by atoms with van der Waals surface area (Å²) in [7, 11) is 1.74. The van der Waals surface area contributed by atoms with Crippen LogP contribution in [0.25, 0.3) is 0 Å². The molecule has 0 amide bonds. The maximum Gasteiger partial charge on any atom is 0.176 e. The smallest absolute Gasteiger partial charge is 0.176 e. The van der Waals surface area contributed by atoms with Gasteiger partial charge in [-0.1, -0.05) is 0 Å². The highest BCUT2D eigenvalue weighted by Gasteiger charge is 2.21. The van der Waals surface area contributed by atoms with Crippen LogP contribution in [0.2, 0.25) is 0 Å². The fraction of sp³-hybridized carbons (Fsp3) is 0.588. The van der Waals surface area contributed by atoms with Gasteiger partial charge in [0.15, 0.2) is 5.78 Å². The van der Waals surface area contributed by atoms with E-state index < -0.39 is 0 Å². The van der Waals surface area contributed by atoms with Crippen LogP contribution in [0.1, 0.15) is 30.1 Å². The van der Waals surface area contributed by atoms with Crippen LogP contribution in [0.4, 0.5) is 0 Å². The van der Waals surface area contributed by atoms with Gasteiger partial charge >= 0.3 is 0 Å². The van der Waals surface area contributed by atoms with Gasteiger partial charge in [-0.2, -0.15) is 0 Å². The molecule has 1 unspecified atom stereocenters. The summed E-state index contributed by atoms with van der Waals surface area (Å²) in [4.78, 5) is 14.6. The van der Waals surface area contributed by atoms with Crippen molar-refractivity contribution in [3.63, 3.8) is 0 Å². The molecule has 4 nitrogen and oxygen atoms in total. The third-order valence-corrected chi connectivity index (χ3v) is 3.86. The van der Waals surface area contributed by atoms with E-state index in [1.807, 2.05) is 31.2 Å². The number of likely N-dealkylation sites (tertiary alicyclic amines) is 1. The Morgan fingerprint density at radius 1 is 1.33 bits per heavy atom. The fourth-order valence-corrected chi connectivity index (χ4v) is 2.86. The van der Waals surface area contributed by atoms with Gasteiger partial charge < -0.3 is 9.47 Å². The Bertz CT molecular complexity index is 442. The van der Waals surface area contributed by atoms with E-state index in [2.05, 4.69) is 4.90 Å². The standard InChI is InChI=1S/C17H25NO3/c1-3-21-16-8-6-15(7-9-16)17(19)12-18-10-4-5-14(11-18)13-20-2/h6-9,14H,3-5,10-13H2,1-2H3. The van der Waals surface area contributed by atoms with Crippen LogP contribution in [-0.4, -0.2) is 50.6 Å². The molecule has 1 atom stereocenters. The number of ether oxygens (including phenoxy) is 2. The summed E-state index contributed by atoms with van der Waals surface area (Å²) in [5.74, 6) is 1.54. The monoisotopic (exact) mass is 291 g/mol. The molecule has 1 aromatic rings. The van der Waals surface area contributed by atoms with E-state index >= 15 is 0 Å². The number of carbonyl (C=O) groups excluding carboxylic acids is 1. The van der Waals surface area contributed by atoms with E-state index in [9.17, 15) is 4.79 Å². The molecule has 0 radical (unpaired) electrons. The predicted octanol–water partition coefficient (Wildman–Crippen LogP) is 2.63. The van der Waals surface area contributed by atoms with Gasteiger partial charge in [0.2, 0.25) is 0 Å². The van der Waals surface area contributed by atoms with Crippen LogP contribution < -0.4 is 4.74 Å². The molecule has 1 aliphatic rings. The van der Waals surface area contributed by atoms with Gasteiger partial charge in [0, 0.05) is 19.2 Å². The van der Waals surface area contributed by atoms with Crippen molar-refractivity contribution >= 4 is 5.78 Å². The van der Waals surface area contributed by atoms with Crippen molar-refractivity contribution in [1.82, 2.24) is 4.90 Å². The zero-order valence-electron chi connectivity index (χ0n) is 13.0. The topological polar surface area (TPSA) is 38.8 Å². The Labute approximate surface area is 127 Å². The number of nitrogens with zero attached hydrogens (tertiary/aromatic N) is 1. The van der Waals surface area contributed by atoms with Crippen molar-refractivity contribution in [1.29, 1.82) is 0 Å². The number of carbonyl (C=O) groups is 1.